The molecule has 1 rings (SSSR count). The molecule has 0 spiro atoms. The molecule has 0 heterocycles. The van der Waals surface area contributed by atoms with Crippen molar-refractivity contribution in [2.75, 3.05) is 19.7 Å². The lowest BCUT2D eigenvalue weighted by Gasteiger charge is -2.05. The molecule has 88 valence electrons. The number of halogens is 1. The summed E-state index contributed by atoms with van der Waals surface area (Å²) < 4.78 is 4.79. The molecule has 0 amide bonds. The maximum Gasteiger partial charge on any atom is 0.319 e. The number of carbonyl (C=O) groups excluding carboxylic acids is 1. The van der Waals surface area contributed by atoms with Crippen molar-refractivity contribution < 1.29 is 9.53 Å². The number of carbonyl (C=O) groups is 1. The third kappa shape index (κ3) is 5.14. The first-order valence-corrected chi connectivity index (χ1v) is 5.71. The van der Waals surface area contributed by atoms with Gasteiger partial charge in [0.25, 0.3) is 0 Å². The number of hydrogen-bond donors (Lipinski definition) is 1. The summed E-state index contributed by atoms with van der Waals surface area (Å²) in [5.74, 6) is -0.214. The Hall–Kier alpha value is -1.06. The van der Waals surface area contributed by atoms with Crippen LogP contribution in [0, 0.1) is 0 Å². The average molecular weight is 242 g/mol. The first-order valence-electron chi connectivity index (χ1n) is 5.33. The van der Waals surface area contributed by atoms with Gasteiger partial charge >= 0.3 is 5.97 Å². The Morgan fingerprint density at radius 2 is 2.31 bits per heavy atom. The van der Waals surface area contributed by atoms with E-state index in [4.69, 9.17) is 16.3 Å². The van der Waals surface area contributed by atoms with E-state index in [1.807, 2.05) is 24.3 Å². The topological polar surface area (TPSA) is 38.3 Å². The van der Waals surface area contributed by atoms with E-state index in [0.717, 1.165) is 23.6 Å². The van der Waals surface area contributed by atoms with Gasteiger partial charge in [-0.25, -0.2) is 0 Å². The van der Waals surface area contributed by atoms with Crippen molar-refractivity contribution in [3.05, 3.63) is 34.9 Å². The van der Waals surface area contributed by atoms with Crippen molar-refractivity contribution in [1.29, 1.82) is 0 Å². The zero-order valence-corrected chi connectivity index (χ0v) is 10.1. The van der Waals surface area contributed by atoms with Gasteiger partial charge in [0, 0.05) is 5.02 Å². The van der Waals surface area contributed by atoms with Crippen LogP contribution in [-0.2, 0) is 16.0 Å². The second-order valence-electron chi connectivity index (χ2n) is 3.36. The van der Waals surface area contributed by atoms with Crippen molar-refractivity contribution >= 4 is 17.6 Å². The lowest BCUT2D eigenvalue weighted by molar-refractivity contribution is -0.141. The Morgan fingerprint density at radius 1 is 1.50 bits per heavy atom. The highest BCUT2D eigenvalue weighted by Gasteiger charge is 2.00. The third-order valence-corrected chi connectivity index (χ3v) is 2.29. The molecular formula is C12H16ClNO2. The first-order chi connectivity index (χ1) is 7.72. The lowest BCUT2D eigenvalue weighted by atomic mass is 10.1. The van der Waals surface area contributed by atoms with E-state index in [0.29, 0.717) is 6.61 Å². The zero-order chi connectivity index (χ0) is 11.8. The number of rotatable bonds is 6. The normalized spacial score (nSPS) is 10.1. The van der Waals surface area contributed by atoms with Crippen LogP contribution in [0.15, 0.2) is 24.3 Å². The SMILES string of the molecule is CCOC(=O)CNCCc1cccc(Cl)c1. The van der Waals surface area contributed by atoms with Gasteiger partial charge in [0.1, 0.15) is 0 Å². The van der Waals surface area contributed by atoms with Crippen molar-refractivity contribution in [2.45, 2.75) is 13.3 Å². The van der Waals surface area contributed by atoms with Gasteiger partial charge in [0.15, 0.2) is 0 Å². The molecule has 1 aromatic rings. The van der Waals surface area contributed by atoms with Crippen LogP contribution in [-0.4, -0.2) is 25.7 Å². The Kier molecular flexibility index (Phi) is 5.90. The molecule has 1 N–H and O–H groups in total. The minimum Gasteiger partial charge on any atom is -0.465 e. The van der Waals surface area contributed by atoms with Gasteiger partial charge in [-0.1, -0.05) is 23.7 Å². The van der Waals surface area contributed by atoms with Gasteiger partial charge in [-0.3, -0.25) is 4.79 Å². The number of benzene rings is 1. The van der Waals surface area contributed by atoms with E-state index >= 15 is 0 Å². The fourth-order valence-electron chi connectivity index (χ4n) is 1.33. The lowest BCUT2D eigenvalue weighted by Crippen LogP contribution is -2.26. The van der Waals surface area contributed by atoms with Crippen LogP contribution in [0.4, 0.5) is 0 Å². The van der Waals surface area contributed by atoms with Crippen molar-refractivity contribution in [3.63, 3.8) is 0 Å². The molecule has 0 aliphatic heterocycles. The van der Waals surface area contributed by atoms with Crippen LogP contribution in [0.5, 0.6) is 0 Å². The second-order valence-corrected chi connectivity index (χ2v) is 3.80. The Bertz CT molecular complexity index is 342. The predicted octanol–water partition coefficient (Wildman–Crippen LogP) is 2.04. The van der Waals surface area contributed by atoms with Crippen LogP contribution in [0.2, 0.25) is 5.02 Å². The van der Waals surface area contributed by atoms with E-state index in [2.05, 4.69) is 5.32 Å². The van der Waals surface area contributed by atoms with Gasteiger partial charge in [0.2, 0.25) is 0 Å². The highest BCUT2D eigenvalue weighted by molar-refractivity contribution is 6.30. The van der Waals surface area contributed by atoms with Gasteiger partial charge in [-0.2, -0.15) is 0 Å². The summed E-state index contributed by atoms with van der Waals surface area (Å²) in [4.78, 5) is 11.0. The zero-order valence-electron chi connectivity index (χ0n) is 9.33. The van der Waals surface area contributed by atoms with Gasteiger partial charge < -0.3 is 10.1 Å². The molecule has 0 atom stereocenters. The van der Waals surface area contributed by atoms with E-state index in [-0.39, 0.29) is 12.5 Å². The van der Waals surface area contributed by atoms with E-state index < -0.39 is 0 Å². The molecule has 1 aromatic carbocycles. The van der Waals surface area contributed by atoms with Gasteiger partial charge in [-0.15, -0.1) is 0 Å². The number of nitrogens with one attached hydrogen (secondary N) is 1. The molecule has 0 aliphatic rings. The van der Waals surface area contributed by atoms with Crippen LogP contribution in [0.25, 0.3) is 0 Å². The molecule has 0 aliphatic carbocycles. The molecule has 16 heavy (non-hydrogen) atoms. The van der Waals surface area contributed by atoms with Crippen LogP contribution >= 0.6 is 11.6 Å². The summed E-state index contributed by atoms with van der Waals surface area (Å²) in [6.07, 6.45) is 0.847. The minimum atomic E-state index is -0.214. The first kappa shape index (κ1) is 13.0. The van der Waals surface area contributed by atoms with E-state index in [9.17, 15) is 4.79 Å². The summed E-state index contributed by atoms with van der Waals surface area (Å²) in [6, 6.07) is 7.70. The van der Waals surface area contributed by atoms with Crippen LogP contribution in [0.3, 0.4) is 0 Å². The highest BCUT2D eigenvalue weighted by Crippen LogP contribution is 2.10. The van der Waals surface area contributed by atoms with Crippen molar-refractivity contribution in [3.8, 4) is 0 Å². The second kappa shape index (κ2) is 7.25. The van der Waals surface area contributed by atoms with Crippen molar-refractivity contribution in [1.82, 2.24) is 5.32 Å². The molecule has 3 nitrogen and oxygen atoms in total. The van der Waals surface area contributed by atoms with Crippen LogP contribution in [0.1, 0.15) is 12.5 Å². The van der Waals surface area contributed by atoms with Gasteiger partial charge in [-0.05, 0) is 37.6 Å². The molecule has 0 unspecified atom stereocenters. The van der Waals surface area contributed by atoms with Gasteiger partial charge in [0.05, 0.1) is 13.2 Å². The summed E-state index contributed by atoms with van der Waals surface area (Å²) in [5.41, 5.74) is 1.16. The number of esters is 1. The largest absolute Gasteiger partial charge is 0.465 e. The smallest absolute Gasteiger partial charge is 0.319 e. The standard InChI is InChI=1S/C12H16ClNO2/c1-2-16-12(15)9-14-7-6-10-4-3-5-11(13)8-10/h3-5,8,14H,2,6-7,9H2,1H3. The Morgan fingerprint density at radius 3 is 3.00 bits per heavy atom. The molecule has 0 fully saturated rings. The quantitative estimate of drug-likeness (QED) is 0.612. The molecule has 0 aromatic heterocycles. The number of ether oxygens (including phenoxy) is 1. The minimum absolute atomic E-state index is 0.214. The van der Waals surface area contributed by atoms with E-state index in [1.165, 1.54) is 0 Å². The maximum absolute atomic E-state index is 11.0. The summed E-state index contributed by atoms with van der Waals surface area (Å²) >= 11 is 5.85. The summed E-state index contributed by atoms with van der Waals surface area (Å²) in [6.45, 7) is 3.21. The maximum atomic E-state index is 11.0. The fourth-order valence-corrected chi connectivity index (χ4v) is 1.54. The third-order valence-electron chi connectivity index (χ3n) is 2.05. The molecule has 4 heteroatoms. The molecule has 0 saturated carbocycles. The Labute approximate surface area is 101 Å². The summed E-state index contributed by atoms with van der Waals surface area (Å²) in [5, 5.41) is 3.76. The molecule has 0 radical (unpaired) electrons. The fraction of sp³-hybridized carbons (Fsp3) is 0.417. The van der Waals surface area contributed by atoms with Crippen molar-refractivity contribution in [2.24, 2.45) is 0 Å². The highest BCUT2D eigenvalue weighted by atomic mass is 35.5. The average Bonchev–Trinajstić information content (AvgIpc) is 2.25. The summed E-state index contributed by atoms with van der Waals surface area (Å²) in [7, 11) is 0. The monoisotopic (exact) mass is 241 g/mol. The Balaban J connectivity index is 2.18. The number of hydrogen-bond acceptors (Lipinski definition) is 3. The molecular weight excluding hydrogens is 226 g/mol. The van der Waals surface area contributed by atoms with E-state index in [1.54, 1.807) is 6.92 Å². The van der Waals surface area contributed by atoms with Crippen LogP contribution < -0.4 is 5.32 Å². The molecule has 0 saturated heterocycles. The predicted molar refractivity (Wildman–Crippen MR) is 64.7 cm³/mol. The molecule has 0 bridgehead atoms.